The molecule has 0 aromatic heterocycles. The monoisotopic (exact) mass is 1420 g/mol. The zero-order valence-corrected chi connectivity index (χ0v) is 70.1. The van der Waals surface area contributed by atoms with Crippen molar-refractivity contribution in [2.75, 3.05) is 74.8 Å². The summed E-state index contributed by atoms with van der Waals surface area (Å²) in [6.07, 6.45) is 50.1. The Balaban J connectivity index is 0.000000565. The van der Waals surface area contributed by atoms with Crippen LogP contribution in [0.2, 0.25) is 19.6 Å². The van der Waals surface area contributed by atoms with Crippen LogP contribution < -0.4 is 0 Å². The molecule has 0 N–H and O–H groups in total. The molecule has 6 aliphatic carbocycles. The molecule has 2 aromatic rings. The molecule has 0 bridgehead atoms. The topological polar surface area (TPSA) is 97.8 Å². The average molecular weight is 1420 g/mol. The fourth-order valence-electron chi connectivity index (χ4n) is 15.1. The van der Waals surface area contributed by atoms with Gasteiger partial charge in [0.1, 0.15) is 7.38 Å². The van der Waals surface area contributed by atoms with E-state index >= 15 is 0 Å². The Bertz CT molecular complexity index is 2120. The van der Waals surface area contributed by atoms with Crippen LogP contribution in [-0.2, 0) is 45.9 Å². The molecule has 0 atom stereocenters. The van der Waals surface area contributed by atoms with Crippen molar-refractivity contribution in [1.82, 2.24) is 14.7 Å². The van der Waals surface area contributed by atoms with E-state index in [0.717, 1.165) is 116 Å². The first kappa shape index (κ1) is 94.3. The highest BCUT2D eigenvalue weighted by molar-refractivity contribution is 7.18. The van der Waals surface area contributed by atoms with Gasteiger partial charge in [-0.15, -0.1) is 0 Å². The van der Waals surface area contributed by atoms with E-state index in [4.69, 9.17) is 15.8 Å². The second kappa shape index (κ2) is 57.6. The third-order valence-electron chi connectivity index (χ3n) is 22.4. The lowest BCUT2D eigenvalue weighted by Crippen LogP contribution is -2.34. The summed E-state index contributed by atoms with van der Waals surface area (Å²) < 4.78 is 18.8. The molecule has 574 valence electrons. The zero-order valence-electron chi connectivity index (χ0n) is 68.4. The van der Waals surface area contributed by atoms with E-state index in [1.807, 2.05) is 4.90 Å². The number of morpholine rings is 1. The summed E-state index contributed by atoms with van der Waals surface area (Å²) in [6.45, 7) is 39.2. The quantitative estimate of drug-likeness (QED) is 0.0995. The third-order valence-corrected chi connectivity index (χ3v) is 22.4. The van der Waals surface area contributed by atoms with Crippen molar-refractivity contribution >= 4 is 45.0 Å². The van der Waals surface area contributed by atoms with Crippen LogP contribution in [0.1, 0.15) is 301 Å². The molecular formula is C86H159BClN3O7Si. The van der Waals surface area contributed by atoms with E-state index in [9.17, 15) is 14.4 Å². The molecule has 2 heterocycles. The normalized spacial score (nSPS) is 26.5. The number of rotatable bonds is 15. The maximum atomic E-state index is 10.1. The Hall–Kier alpha value is -2.74. The third kappa shape index (κ3) is 48.1. The maximum absolute atomic E-state index is 10.1. The number of hydrogen-bond donors (Lipinski definition) is 0. The van der Waals surface area contributed by atoms with E-state index in [-0.39, 0.29) is 0 Å². The first-order valence-electron chi connectivity index (χ1n) is 40.7. The molecule has 10 nitrogen and oxygen atoms in total. The van der Waals surface area contributed by atoms with Crippen molar-refractivity contribution in [2.24, 2.45) is 65.1 Å². The van der Waals surface area contributed by atoms with Gasteiger partial charge in [0.2, 0.25) is 19.2 Å². The van der Waals surface area contributed by atoms with Gasteiger partial charge in [0, 0.05) is 61.6 Å². The number of benzene rings is 2. The van der Waals surface area contributed by atoms with Gasteiger partial charge in [-0.2, -0.15) is 11.1 Å². The first-order valence-corrected chi connectivity index (χ1v) is 45.2. The van der Waals surface area contributed by atoms with Crippen LogP contribution in [0.4, 0.5) is 0 Å². The number of likely N-dealkylation sites (tertiary alicyclic amines) is 1. The number of hydrogen-bond acceptors (Lipinski definition) is 7. The van der Waals surface area contributed by atoms with Crippen molar-refractivity contribution in [3.63, 3.8) is 0 Å². The SMILES string of the molecule is CC1CCC(C)CC1.CC1CCC(C2CCC(C)CC2)CC1.CC1CCC(CCC2CCC(C)CC2)CC1.CCCc1ccc(C)cc1.CCCc1ccc(C2CCC(C)CC2)c(C)c1C.CN(C)C=O.COB(OC)OC.C[Si](C)(C)Cl.O=CN1CCCCC1.O=CN1CCOCC1. The highest BCUT2D eigenvalue weighted by atomic mass is 35.6. The summed E-state index contributed by atoms with van der Waals surface area (Å²) in [5.74, 6) is 12.3. The van der Waals surface area contributed by atoms with Gasteiger partial charge in [-0.1, -0.05) is 265 Å². The molecule has 0 unspecified atom stereocenters. The molecule has 8 fully saturated rings. The van der Waals surface area contributed by atoms with Crippen molar-refractivity contribution in [2.45, 2.75) is 321 Å². The van der Waals surface area contributed by atoms with Crippen LogP contribution >= 0.6 is 11.1 Å². The first-order chi connectivity index (χ1) is 47.2. The number of carbonyl (C=O) groups excluding carboxylic acids is 3. The molecule has 2 saturated heterocycles. The molecular weight excluding hydrogens is 1260 g/mol. The lowest BCUT2D eigenvalue weighted by atomic mass is 9.70. The van der Waals surface area contributed by atoms with Crippen molar-refractivity contribution in [1.29, 1.82) is 0 Å². The van der Waals surface area contributed by atoms with Gasteiger partial charge in [0.05, 0.1) is 13.2 Å². The highest BCUT2D eigenvalue weighted by Crippen LogP contribution is 2.42. The number of piperidine rings is 1. The van der Waals surface area contributed by atoms with Crippen molar-refractivity contribution in [3.8, 4) is 0 Å². The standard InChI is InChI=1S/C18H28.C16H30.C14H26.C10H14.C8H16.C6H11NO.C5H9NO2.C3H9BO3.C3H9ClSi.C3H7NO/c1-5-6-16-11-12-18(15(4)14(16)3)17-9-7-13(2)8-10-17;1-13-3-7-15(8-4-13)11-12-16-9-5-14(2)6-10-16;1-11-3-7-13(8-4-11)14-9-5-12(2)6-10-14;1-3-4-10-7-5-9(2)6-8-10;1-7-3-5-8(2)6-4-7;8-6-7-4-2-1-3-5-7;7-5-6-1-3-8-4-2-6;1-5-4(6-2)7-3;1-5(2,3)4;1-4(2)3-5/h11-13,17H,5-10H2,1-4H3;13-16H,3-12H2,1-2H3;11-14H,3-10H2,1-2H3;5-8H,3-4H2,1-2H3;7-8H,3-6H2,1-2H3;6H,1-5H2;5H,1-4H2;1-3H3;1-3H3;3H,1-2H3. The largest absolute Gasteiger partial charge is 0.638 e. The van der Waals surface area contributed by atoms with Gasteiger partial charge >= 0.3 is 7.32 Å². The van der Waals surface area contributed by atoms with Crippen LogP contribution in [0.5, 0.6) is 0 Å². The summed E-state index contributed by atoms with van der Waals surface area (Å²) in [4.78, 5) is 34.5. The van der Waals surface area contributed by atoms with E-state index in [1.165, 1.54) is 211 Å². The minimum Gasteiger partial charge on any atom is -0.389 e. The summed E-state index contributed by atoms with van der Waals surface area (Å²) in [5, 5.41) is 0. The summed E-state index contributed by atoms with van der Waals surface area (Å²) in [5.41, 5.74) is 9.11. The van der Waals surface area contributed by atoms with Crippen LogP contribution in [-0.4, -0.2) is 123 Å². The molecule has 99 heavy (non-hydrogen) atoms. The lowest BCUT2D eigenvalue weighted by molar-refractivity contribution is -0.122. The van der Waals surface area contributed by atoms with Crippen LogP contribution in [0.3, 0.4) is 0 Å². The average Bonchev–Trinajstić information content (AvgIpc) is 0.815. The fourth-order valence-corrected chi connectivity index (χ4v) is 15.1. The molecule has 0 radical (unpaired) electrons. The Morgan fingerprint density at radius 1 is 0.485 bits per heavy atom. The minimum atomic E-state index is -1.14. The van der Waals surface area contributed by atoms with Gasteiger partial charge in [-0.3, -0.25) is 14.4 Å². The molecule has 13 heteroatoms. The van der Waals surface area contributed by atoms with E-state index in [2.05, 4.69) is 153 Å². The van der Waals surface area contributed by atoms with Crippen LogP contribution in [0.15, 0.2) is 36.4 Å². The Kier molecular flexibility index (Phi) is 54.8. The second-order valence-corrected chi connectivity index (χ2v) is 40.9. The fraction of sp³-hybridized carbons (Fsp3) is 0.826. The lowest BCUT2D eigenvalue weighted by Gasteiger charge is -2.36. The smallest absolute Gasteiger partial charge is 0.389 e. The molecule has 2 aromatic carbocycles. The van der Waals surface area contributed by atoms with Gasteiger partial charge in [-0.25, -0.2) is 0 Å². The van der Waals surface area contributed by atoms with Crippen molar-refractivity contribution < 1.29 is 33.1 Å². The molecule has 6 saturated carbocycles. The van der Waals surface area contributed by atoms with Gasteiger partial charge in [0.15, 0.2) is 0 Å². The van der Waals surface area contributed by atoms with Gasteiger partial charge < -0.3 is 33.4 Å². The number of aryl methyl sites for hydroxylation is 3. The number of nitrogens with zero attached hydrogens (tertiary/aromatic N) is 3. The Labute approximate surface area is 619 Å². The summed E-state index contributed by atoms with van der Waals surface area (Å²) in [7, 11) is 6.26. The summed E-state index contributed by atoms with van der Waals surface area (Å²) in [6, 6.07) is 13.6. The number of carbonyl (C=O) groups is 3. The van der Waals surface area contributed by atoms with E-state index < -0.39 is 14.7 Å². The Morgan fingerprint density at radius 2 is 0.818 bits per heavy atom. The molecule has 0 spiro atoms. The predicted octanol–water partition coefficient (Wildman–Crippen LogP) is 23.2. The number of ether oxygens (including phenoxy) is 1. The van der Waals surface area contributed by atoms with E-state index in [1.54, 1.807) is 79.8 Å². The highest BCUT2D eigenvalue weighted by Gasteiger charge is 2.29. The second-order valence-electron chi connectivity index (χ2n) is 33.3. The molecule has 3 amide bonds. The minimum absolute atomic E-state index is 0.514. The van der Waals surface area contributed by atoms with Crippen molar-refractivity contribution in [3.05, 3.63) is 69.8 Å². The number of halogens is 1. The number of amides is 3. The zero-order chi connectivity index (χ0) is 74.0. The molecule has 10 rings (SSSR count). The van der Waals surface area contributed by atoms with Gasteiger partial charge in [0.25, 0.3) is 0 Å². The molecule has 8 aliphatic rings. The van der Waals surface area contributed by atoms with Crippen LogP contribution in [0.25, 0.3) is 0 Å². The van der Waals surface area contributed by atoms with Crippen LogP contribution in [0, 0.1) is 85.9 Å². The maximum Gasteiger partial charge on any atom is 0.638 e. The predicted molar refractivity (Wildman–Crippen MR) is 432 cm³/mol. The summed E-state index contributed by atoms with van der Waals surface area (Å²) >= 11 is 5.67. The molecule has 2 aliphatic heterocycles. The van der Waals surface area contributed by atoms with E-state index in [0.29, 0.717) is 13.2 Å². The Morgan fingerprint density at radius 3 is 1.12 bits per heavy atom. The van der Waals surface area contributed by atoms with Gasteiger partial charge in [-0.05, 0) is 190 Å².